The van der Waals surface area contributed by atoms with Crippen LogP contribution >= 0.6 is 0 Å². The van der Waals surface area contributed by atoms with Crippen molar-refractivity contribution in [1.29, 1.82) is 0 Å². The van der Waals surface area contributed by atoms with E-state index < -0.39 is 0 Å². The molecule has 1 saturated carbocycles. The molecule has 0 amide bonds. The van der Waals surface area contributed by atoms with Crippen LogP contribution in [0.15, 0.2) is 0 Å². The van der Waals surface area contributed by atoms with Crippen LogP contribution in [0.1, 0.15) is 46.0 Å². The van der Waals surface area contributed by atoms with Crippen LogP contribution in [0, 0.1) is 11.3 Å². The molecule has 1 saturated heterocycles. The fourth-order valence-electron chi connectivity index (χ4n) is 3.77. The highest BCUT2D eigenvalue weighted by atomic mass is 16.1. The van der Waals surface area contributed by atoms with Gasteiger partial charge in [-0.15, -0.1) is 0 Å². The molecule has 3 nitrogen and oxygen atoms in total. The second-order valence-corrected chi connectivity index (χ2v) is 7.34. The van der Waals surface area contributed by atoms with Gasteiger partial charge in [0.1, 0.15) is 5.78 Å². The Hall–Kier alpha value is -0.410. The lowest BCUT2D eigenvalue weighted by Crippen LogP contribution is -2.48. The number of ketones is 1. The van der Waals surface area contributed by atoms with E-state index in [9.17, 15) is 4.79 Å². The molecule has 1 aliphatic carbocycles. The minimum atomic E-state index is -0.0902. The summed E-state index contributed by atoms with van der Waals surface area (Å²) >= 11 is 0. The molecular weight excluding hydrogens is 236 g/mol. The van der Waals surface area contributed by atoms with Gasteiger partial charge in [-0.25, -0.2) is 0 Å². The summed E-state index contributed by atoms with van der Waals surface area (Å²) in [6.07, 6.45) is 5.94. The van der Waals surface area contributed by atoms with Crippen molar-refractivity contribution in [1.82, 2.24) is 9.80 Å². The summed E-state index contributed by atoms with van der Waals surface area (Å²) < 4.78 is 0. The zero-order valence-electron chi connectivity index (χ0n) is 13.1. The van der Waals surface area contributed by atoms with Gasteiger partial charge in [0.2, 0.25) is 0 Å². The van der Waals surface area contributed by atoms with Gasteiger partial charge in [-0.05, 0) is 46.3 Å². The average Bonchev–Trinajstić information content (AvgIpc) is 2.35. The van der Waals surface area contributed by atoms with Gasteiger partial charge in [0.15, 0.2) is 0 Å². The smallest absolute Gasteiger partial charge is 0.142 e. The van der Waals surface area contributed by atoms with Gasteiger partial charge < -0.3 is 9.80 Å². The molecule has 1 heterocycles. The minimum absolute atomic E-state index is 0.0902. The second-order valence-electron chi connectivity index (χ2n) is 7.34. The predicted molar refractivity (Wildman–Crippen MR) is 79.3 cm³/mol. The quantitative estimate of drug-likeness (QED) is 0.784. The van der Waals surface area contributed by atoms with Gasteiger partial charge in [-0.2, -0.15) is 0 Å². The summed E-state index contributed by atoms with van der Waals surface area (Å²) in [6.45, 7) is 7.58. The van der Waals surface area contributed by atoms with Crippen LogP contribution in [0.5, 0.6) is 0 Å². The summed E-state index contributed by atoms with van der Waals surface area (Å²) in [6, 6.07) is 0.636. The Morgan fingerprint density at radius 1 is 1.32 bits per heavy atom. The highest BCUT2D eigenvalue weighted by Crippen LogP contribution is 2.35. The van der Waals surface area contributed by atoms with Crippen molar-refractivity contribution < 1.29 is 4.79 Å². The Balaban J connectivity index is 1.91. The monoisotopic (exact) mass is 266 g/mol. The van der Waals surface area contributed by atoms with Crippen molar-refractivity contribution in [3.05, 3.63) is 0 Å². The van der Waals surface area contributed by atoms with Gasteiger partial charge in [-0.3, -0.25) is 4.79 Å². The lowest BCUT2D eigenvalue weighted by molar-refractivity contribution is -0.135. The van der Waals surface area contributed by atoms with Crippen LogP contribution < -0.4 is 0 Å². The largest absolute Gasteiger partial charge is 0.305 e. The Kier molecular flexibility index (Phi) is 4.67. The molecule has 2 unspecified atom stereocenters. The molecule has 0 spiro atoms. The number of nitrogens with zero attached hydrogens (tertiary/aromatic N) is 2. The predicted octanol–water partition coefficient (Wildman–Crippen LogP) is 2.41. The van der Waals surface area contributed by atoms with Crippen LogP contribution in [0.4, 0.5) is 0 Å². The van der Waals surface area contributed by atoms with E-state index in [4.69, 9.17) is 0 Å². The van der Waals surface area contributed by atoms with E-state index >= 15 is 0 Å². The molecule has 2 atom stereocenters. The molecule has 2 rings (SSSR count). The zero-order chi connectivity index (χ0) is 14.0. The topological polar surface area (TPSA) is 23.6 Å². The van der Waals surface area contributed by atoms with Crippen molar-refractivity contribution in [3.63, 3.8) is 0 Å². The Bertz CT molecular complexity index is 327. The third-order valence-corrected chi connectivity index (χ3v) is 5.12. The highest BCUT2D eigenvalue weighted by Gasteiger charge is 2.38. The van der Waals surface area contributed by atoms with Crippen LogP contribution in [-0.4, -0.2) is 55.4 Å². The normalized spacial score (nSPS) is 32.8. The number of carbonyl (C=O) groups excluding carboxylic acids is 1. The molecule has 0 aromatic carbocycles. The van der Waals surface area contributed by atoms with Gasteiger partial charge in [0.25, 0.3) is 0 Å². The summed E-state index contributed by atoms with van der Waals surface area (Å²) in [5.74, 6) is 0.760. The first-order chi connectivity index (χ1) is 8.90. The summed E-state index contributed by atoms with van der Waals surface area (Å²) in [5.41, 5.74) is -0.0902. The summed E-state index contributed by atoms with van der Waals surface area (Å²) in [4.78, 5) is 17.4. The van der Waals surface area contributed by atoms with Gasteiger partial charge in [-0.1, -0.05) is 20.3 Å². The van der Waals surface area contributed by atoms with Gasteiger partial charge in [0, 0.05) is 30.5 Å². The average molecular weight is 266 g/mol. The molecule has 0 bridgehead atoms. The van der Waals surface area contributed by atoms with Crippen LogP contribution in [0.25, 0.3) is 0 Å². The third-order valence-electron chi connectivity index (χ3n) is 5.12. The first kappa shape index (κ1) is 15.0. The van der Waals surface area contributed by atoms with E-state index in [0.29, 0.717) is 11.8 Å². The van der Waals surface area contributed by atoms with Crippen LogP contribution in [0.3, 0.4) is 0 Å². The number of likely N-dealkylation sites (N-methyl/N-ethyl adjacent to an activating group) is 2. The van der Waals surface area contributed by atoms with E-state index in [1.807, 2.05) is 0 Å². The SMILES string of the molecule is CN1CCCC(N(C)CC2CCCC(C)(C)C2=O)C1. The Morgan fingerprint density at radius 2 is 2.05 bits per heavy atom. The number of hydrogen-bond acceptors (Lipinski definition) is 3. The number of rotatable bonds is 3. The number of piperidine rings is 1. The summed E-state index contributed by atoms with van der Waals surface area (Å²) in [7, 11) is 4.41. The molecule has 3 heteroatoms. The van der Waals surface area contributed by atoms with E-state index in [2.05, 4.69) is 37.7 Å². The molecule has 2 aliphatic rings. The fraction of sp³-hybridized carbons (Fsp3) is 0.938. The van der Waals surface area contributed by atoms with E-state index in [0.717, 1.165) is 25.9 Å². The lowest BCUT2D eigenvalue weighted by atomic mass is 9.71. The zero-order valence-corrected chi connectivity index (χ0v) is 13.1. The molecule has 1 aliphatic heterocycles. The number of likely N-dealkylation sites (tertiary alicyclic amines) is 1. The van der Waals surface area contributed by atoms with Gasteiger partial charge in [0.05, 0.1) is 0 Å². The van der Waals surface area contributed by atoms with E-state index in [1.54, 1.807) is 0 Å². The molecule has 19 heavy (non-hydrogen) atoms. The Labute approximate surface area is 118 Å². The standard InChI is InChI=1S/C16H30N2O/c1-16(2)9-5-7-13(15(16)19)11-18(4)14-8-6-10-17(3)12-14/h13-14H,5-12H2,1-4H3. The lowest BCUT2D eigenvalue weighted by Gasteiger charge is -2.40. The van der Waals surface area contributed by atoms with Crippen molar-refractivity contribution in [2.45, 2.75) is 52.0 Å². The maximum atomic E-state index is 12.5. The first-order valence-electron chi connectivity index (χ1n) is 7.83. The maximum Gasteiger partial charge on any atom is 0.142 e. The van der Waals surface area contributed by atoms with E-state index in [-0.39, 0.29) is 11.3 Å². The second kappa shape index (κ2) is 5.92. The fourth-order valence-corrected chi connectivity index (χ4v) is 3.77. The highest BCUT2D eigenvalue weighted by molar-refractivity contribution is 5.87. The number of carbonyl (C=O) groups is 1. The van der Waals surface area contributed by atoms with Crippen molar-refractivity contribution >= 4 is 5.78 Å². The van der Waals surface area contributed by atoms with E-state index in [1.165, 1.54) is 25.8 Å². The molecule has 0 aromatic rings. The van der Waals surface area contributed by atoms with Crippen LogP contribution in [0.2, 0.25) is 0 Å². The molecule has 2 fully saturated rings. The first-order valence-corrected chi connectivity index (χ1v) is 7.83. The molecule has 0 N–H and O–H groups in total. The minimum Gasteiger partial charge on any atom is -0.305 e. The number of hydrogen-bond donors (Lipinski definition) is 0. The molecule has 0 aromatic heterocycles. The third kappa shape index (κ3) is 3.57. The Morgan fingerprint density at radius 3 is 2.74 bits per heavy atom. The molecular formula is C16H30N2O. The number of Topliss-reactive ketones (excluding diaryl/α,β-unsaturated/α-hetero) is 1. The van der Waals surface area contributed by atoms with Crippen molar-refractivity contribution in [2.75, 3.05) is 33.7 Å². The summed E-state index contributed by atoms with van der Waals surface area (Å²) in [5, 5.41) is 0. The van der Waals surface area contributed by atoms with Crippen LogP contribution in [-0.2, 0) is 4.79 Å². The maximum absolute atomic E-state index is 12.5. The molecule has 110 valence electrons. The van der Waals surface area contributed by atoms with Crippen molar-refractivity contribution in [2.24, 2.45) is 11.3 Å². The van der Waals surface area contributed by atoms with Gasteiger partial charge >= 0.3 is 0 Å². The molecule has 0 radical (unpaired) electrons. The van der Waals surface area contributed by atoms with Crippen molar-refractivity contribution in [3.8, 4) is 0 Å².